The second-order valence-corrected chi connectivity index (χ2v) is 10.5. The van der Waals surface area contributed by atoms with Gasteiger partial charge in [-0.25, -0.2) is 17.8 Å². The molecule has 1 aromatic heterocycles. The number of halogens is 2. The summed E-state index contributed by atoms with van der Waals surface area (Å²) in [5.41, 5.74) is 0.422. The Hall–Kier alpha value is -1.42. The summed E-state index contributed by atoms with van der Waals surface area (Å²) in [5.74, 6) is -0.359. The first-order valence-corrected chi connectivity index (χ1v) is 12.6. The van der Waals surface area contributed by atoms with Crippen molar-refractivity contribution in [1.29, 1.82) is 0 Å². The third-order valence-corrected chi connectivity index (χ3v) is 8.23. The van der Waals surface area contributed by atoms with Crippen LogP contribution in [0.15, 0.2) is 28.6 Å². The highest BCUT2D eigenvalue weighted by Crippen LogP contribution is 2.33. The molecule has 2 atom stereocenters. The molecular weight excluding hydrogens is 435 g/mol. The topological polar surface area (TPSA) is 74.3 Å². The molecule has 2 aliphatic heterocycles. The molecule has 2 aliphatic rings. The molecule has 10 heteroatoms. The summed E-state index contributed by atoms with van der Waals surface area (Å²) >= 11 is 7.42. The van der Waals surface area contributed by atoms with Crippen LogP contribution in [-0.4, -0.2) is 44.0 Å². The SMILES string of the molecule is O=S(=O)(Nc1nccs1)c1cc(Cl)c(NC[C@@H]2CCCN3CCCCC23)cc1F. The van der Waals surface area contributed by atoms with Crippen molar-refractivity contribution in [3.63, 3.8) is 0 Å². The first-order valence-electron chi connectivity index (χ1n) is 9.83. The van der Waals surface area contributed by atoms with Crippen molar-refractivity contribution in [3.05, 3.63) is 34.5 Å². The van der Waals surface area contributed by atoms with Gasteiger partial charge in [0.2, 0.25) is 0 Å². The lowest BCUT2D eigenvalue weighted by molar-refractivity contribution is 0.0649. The normalized spacial score (nSPS) is 22.8. The molecule has 2 fully saturated rings. The Balaban J connectivity index is 1.47. The molecule has 1 aromatic carbocycles. The van der Waals surface area contributed by atoms with Crippen LogP contribution in [0.3, 0.4) is 0 Å². The molecule has 0 radical (unpaired) electrons. The van der Waals surface area contributed by atoms with Gasteiger partial charge in [-0.1, -0.05) is 18.0 Å². The van der Waals surface area contributed by atoms with E-state index in [1.54, 1.807) is 5.38 Å². The van der Waals surface area contributed by atoms with Crippen molar-refractivity contribution < 1.29 is 12.8 Å². The number of sulfonamides is 1. The predicted octanol–water partition coefficient (Wildman–Crippen LogP) is 4.41. The molecule has 0 saturated carbocycles. The lowest BCUT2D eigenvalue weighted by Gasteiger charge is -2.44. The number of nitrogens with one attached hydrogen (secondary N) is 2. The average molecular weight is 459 g/mol. The monoisotopic (exact) mass is 458 g/mol. The Bertz CT molecular complexity index is 953. The Morgan fingerprint density at radius 1 is 1.24 bits per heavy atom. The highest BCUT2D eigenvalue weighted by atomic mass is 35.5. The van der Waals surface area contributed by atoms with Gasteiger partial charge in [0.1, 0.15) is 10.7 Å². The zero-order valence-corrected chi connectivity index (χ0v) is 18.3. The predicted molar refractivity (Wildman–Crippen MR) is 115 cm³/mol. The summed E-state index contributed by atoms with van der Waals surface area (Å²) < 4.78 is 41.9. The number of hydrogen-bond donors (Lipinski definition) is 2. The van der Waals surface area contributed by atoms with E-state index in [4.69, 9.17) is 11.6 Å². The zero-order chi connectivity index (χ0) is 20.4. The molecule has 6 nitrogen and oxygen atoms in total. The van der Waals surface area contributed by atoms with Crippen LogP contribution in [0.25, 0.3) is 0 Å². The molecule has 29 heavy (non-hydrogen) atoms. The van der Waals surface area contributed by atoms with Crippen LogP contribution in [0.1, 0.15) is 32.1 Å². The van der Waals surface area contributed by atoms with E-state index in [9.17, 15) is 12.8 Å². The van der Waals surface area contributed by atoms with Crippen LogP contribution in [0.4, 0.5) is 15.2 Å². The van der Waals surface area contributed by atoms with E-state index in [1.807, 2.05) is 0 Å². The van der Waals surface area contributed by atoms with E-state index >= 15 is 0 Å². The fourth-order valence-electron chi connectivity index (χ4n) is 4.37. The van der Waals surface area contributed by atoms with E-state index in [0.29, 0.717) is 24.2 Å². The maximum Gasteiger partial charge on any atom is 0.266 e. The highest BCUT2D eigenvalue weighted by Gasteiger charge is 2.33. The van der Waals surface area contributed by atoms with Gasteiger partial charge in [-0.3, -0.25) is 4.72 Å². The number of piperidine rings is 2. The number of hydrogen-bond acceptors (Lipinski definition) is 6. The number of nitrogens with zero attached hydrogens (tertiary/aromatic N) is 2. The van der Waals surface area contributed by atoms with Crippen LogP contribution in [0.5, 0.6) is 0 Å². The van der Waals surface area contributed by atoms with Gasteiger partial charge in [0.05, 0.1) is 10.7 Å². The number of aromatic nitrogens is 1. The van der Waals surface area contributed by atoms with Crippen LogP contribution < -0.4 is 10.0 Å². The lowest BCUT2D eigenvalue weighted by Crippen LogP contribution is -2.49. The van der Waals surface area contributed by atoms with Gasteiger partial charge in [-0.15, -0.1) is 11.3 Å². The molecular formula is C19H24ClFN4O2S2. The standard InChI is InChI=1S/C19H24ClFN4O2S2/c20-14-10-18(29(26,27)24-19-22-6-9-28-19)15(21)11-16(14)23-12-13-4-3-8-25-7-2-1-5-17(13)25/h6,9-11,13,17,23H,1-5,7-8,12H2,(H,22,24)/t13-,17?/m0/s1. The summed E-state index contributed by atoms with van der Waals surface area (Å²) in [6, 6.07) is 2.89. The van der Waals surface area contributed by atoms with Gasteiger partial charge < -0.3 is 10.2 Å². The fourth-order valence-corrected chi connectivity index (χ4v) is 6.54. The van der Waals surface area contributed by atoms with Gasteiger partial charge in [0, 0.05) is 24.2 Å². The van der Waals surface area contributed by atoms with Gasteiger partial charge in [-0.2, -0.15) is 0 Å². The molecule has 4 rings (SSSR count). The summed E-state index contributed by atoms with van der Waals surface area (Å²) in [7, 11) is -4.10. The van der Waals surface area contributed by atoms with Crippen LogP contribution in [0.2, 0.25) is 5.02 Å². The molecule has 2 N–H and O–H groups in total. The third-order valence-electron chi connectivity index (χ3n) is 5.75. The Labute approximate surface area is 179 Å². The minimum absolute atomic E-state index is 0.178. The van der Waals surface area contributed by atoms with Crippen molar-refractivity contribution >= 4 is 43.8 Å². The summed E-state index contributed by atoms with van der Waals surface area (Å²) in [5, 5.41) is 5.25. The van der Waals surface area contributed by atoms with E-state index in [2.05, 4.69) is 19.9 Å². The largest absolute Gasteiger partial charge is 0.383 e. The fraction of sp³-hybridized carbons (Fsp3) is 0.526. The molecule has 0 amide bonds. The van der Waals surface area contributed by atoms with Crippen molar-refractivity contribution in [2.45, 2.75) is 43.0 Å². The minimum Gasteiger partial charge on any atom is -0.383 e. The number of rotatable bonds is 6. The second kappa shape index (κ2) is 8.75. The maximum atomic E-state index is 14.6. The van der Waals surface area contributed by atoms with Crippen molar-refractivity contribution in [3.8, 4) is 0 Å². The van der Waals surface area contributed by atoms with E-state index in [0.717, 1.165) is 36.9 Å². The molecule has 1 unspecified atom stereocenters. The molecule has 2 aromatic rings. The minimum atomic E-state index is -4.10. The third kappa shape index (κ3) is 4.68. The Morgan fingerprint density at radius 3 is 2.86 bits per heavy atom. The molecule has 0 spiro atoms. The molecule has 0 bridgehead atoms. The van der Waals surface area contributed by atoms with E-state index < -0.39 is 20.7 Å². The summed E-state index contributed by atoms with van der Waals surface area (Å²) in [6.07, 6.45) is 7.50. The molecule has 2 saturated heterocycles. The van der Waals surface area contributed by atoms with Gasteiger partial charge in [0.15, 0.2) is 5.13 Å². The van der Waals surface area contributed by atoms with Crippen molar-refractivity contribution in [2.75, 3.05) is 29.7 Å². The summed E-state index contributed by atoms with van der Waals surface area (Å²) in [4.78, 5) is 5.95. The van der Waals surface area contributed by atoms with Gasteiger partial charge >= 0.3 is 0 Å². The first kappa shape index (κ1) is 20.8. The quantitative estimate of drug-likeness (QED) is 0.670. The number of thiazole rings is 1. The second-order valence-electron chi connectivity index (χ2n) is 7.59. The van der Waals surface area contributed by atoms with Crippen molar-refractivity contribution in [2.24, 2.45) is 5.92 Å². The zero-order valence-electron chi connectivity index (χ0n) is 15.9. The van der Waals surface area contributed by atoms with Crippen molar-refractivity contribution in [1.82, 2.24) is 9.88 Å². The lowest BCUT2D eigenvalue weighted by atomic mass is 9.83. The number of anilines is 2. The maximum absolute atomic E-state index is 14.6. The molecule has 158 valence electrons. The smallest absolute Gasteiger partial charge is 0.266 e. The van der Waals surface area contributed by atoms with Gasteiger partial charge in [0.25, 0.3) is 10.0 Å². The highest BCUT2D eigenvalue weighted by molar-refractivity contribution is 7.93. The van der Waals surface area contributed by atoms with E-state index in [-0.39, 0.29) is 10.2 Å². The van der Waals surface area contributed by atoms with Gasteiger partial charge in [-0.05, 0) is 56.8 Å². The number of fused-ring (bicyclic) bond motifs is 1. The Morgan fingerprint density at radius 2 is 2.07 bits per heavy atom. The van der Waals surface area contributed by atoms with E-state index in [1.165, 1.54) is 37.9 Å². The molecule has 3 heterocycles. The average Bonchev–Trinajstić information content (AvgIpc) is 3.20. The number of benzene rings is 1. The van der Waals surface area contributed by atoms with Crippen LogP contribution >= 0.6 is 22.9 Å². The summed E-state index contributed by atoms with van der Waals surface area (Å²) in [6.45, 7) is 3.02. The Kier molecular flexibility index (Phi) is 6.29. The molecule has 0 aliphatic carbocycles. The van der Waals surface area contributed by atoms with Crippen LogP contribution in [-0.2, 0) is 10.0 Å². The first-order chi connectivity index (χ1) is 13.9. The van der Waals surface area contributed by atoms with Crippen LogP contribution in [0, 0.1) is 11.7 Å².